The second kappa shape index (κ2) is 6.54. The van der Waals surface area contributed by atoms with Crippen LogP contribution in [0, 0.1) is 5.82 Å². The Morgan fingerprint density at radius 2 is 1.78 bits per heavy atom. The first kappa shape index (κ1) is 15.1. The second-order valence-electron chi connectivity index (χ2n) is 4.91. The van der Waals surface area contributed by atoms with Crippen LogP contribution in [0.2, 0.25) is 0 Å². The molecule has 0 amide bonds. The lowest BCUT2D eigenvalue weighted by molar-refractivity contribution is 0.396. The SMILES string of the molecule is Nc1ccc(Oc2ccc(/C=C/c3ccsc3)cc2O)c(F)c1. The molecular weight excluding hydrogens is 313 g/mol. The van der Waals surface area contributed by atoms with E-state index in [1.54, 1.807) is 29.5 Å². The van der Waals surface area contributed by atoms with Gasteiger partial charge < -0.3 is 15.6 Å². The minimum absolute atomic E-state index is 0.0102. The number of halogens is 1. The van der Waals surface area contributed by atoms with Crippen LogP contribution in [0.3, 0.4) is 0 Å². The van der Waals surface area contributed by atoms with Crippen molar-refractivity contribution in [1.82, 2.24) is 0 Å². The molecule has 1 heterocycles. The molecule has 116 valence electrons. The highest BCUT2D eigenvalue weighted by Gasteiger charge is 2.09. The number of hydrogen-bond acceptors (Lipinski definition) is 4. The predicted octanol–water partition coefficient (Wildman–Crippen LogP) is 5.14. The molecule has 0 fully saturated rings. The number of thiophene rings is 1. The first-order valence-corrected chi connectivity index (χ1v) is 7.82. The standard InChI is InChI=1S/C18H14FNO2S/c19-15-10-14(20)4-6-17(15)22-18-5-3-12(9-16(18)21)1-2-13-7-8-23-11-13/h1-11,21H,20H2/b2-1+. The molecule has 3 nitrogen and oxygen atoms in total. The quantitative estimate of drug-likeness (QED) is 0.653. The van der Waals surface area contributed by atoms with Gasteiger partial charge in [0.1, 0.15) is 0 Å². The van der Waals surface area contributed by atoms with E-state index in [0.717, 1.165) is 11.1 Å². The lowest BCUT2D eigenvalue weighted by Crippen LogP contribution is -1.91. The highest BCUT2D eigenvalue weighted by molar-refractivity contribution is 7.08. The van der Waals surface area contributed by atoms with Crippen LogP contribution in [0.5, 0.6) is 17.2 Å². The van der Waals surface area contributed by atoms with Crippen LogP contribution in [-0.2, 0) is 0 Å². The van der Waals surface area contributed by atoms with Crippen LogP contribution >= 0.6 is 11.3 Å². The first-order chi connectivity index (χ1) is 11.1. The zero-order valence-corrected chi connectivity index (χ0v) is 12.9. The van der Waals surface area contributed by atoms with Gasteiger partial charge in [-0.05, 0) is 52.2 Å². The Labute approximate surface area is 137 Å². The second-order valence-corrected chi connectivity index (χ2v) is 5.69. The van der Waals surface area contributed by atoms with E-state index in [2.05, 4.69) is 0 Å². The monoisotopic (exact) mass is 327 g/mol. The summed E-state index contributed by atoms with van der Waals surface area (Å²) < 4.78 is 19.1. The Morgan fingerprint density at radius 1 is 1.00 bits per heavy atom. The number of phenols is 1. The molecule has 3 rings (SSSR count). The van der Waals surface area contributed by atoms with Crippen molar-refractivity contribution in [2.24, 2.45) is 0 Å². The molecule has 0 aliphatic carbocycles. The molecule has 0 saturated heterocycles. The van der Waals surface area contributed by atoms with Crippen LogP contribution in [-0.4, -0.2) is 5.11 Å². The summed E-state index contributed by atoms with van der Waals surface area (Å²) in [5, 5.41) is 14.1. The first-order valence-electron chi connectivity index (χ1n) is 6.88. The van der Waals surface area contributed by atoms with Gasteiger partial charge in [-0.3, -0.25) is 0 Å². The summed E-state index contributed by atoms with van der Waals surface area (Å²) in [7, 11) is 0. The molecule has 5 heteroatoms. The normalized spacial score (nSPS) is 11.0. The van der Waals surface area contributed by atoms with Crippen LogP contribution in [0.15, 0.2) is 53.2 Å². The molecule has 2 aromatic carbocycles. The molecular formula is C18H14FNO2S. The molecule has 0 atom stereocenters. The highest BCUT2D eigenvalue weighted by Crippen LogP contribution is 2.33. The summed E-state index contributed by atoms with van der Waals surface area (Å²) in [6, 6.07) is 11.1. The van der Waals surface area contributed by atoms with E-state index in [1.807, 2.05) is 29.0 Å². The van der Waals surface area contributed by atoms with Gasteiger partial charge in [-0.25, -0.2) is 4.39 Å². The molecule has 0 radical (unpaired) electrons. The third-order valence-electron chi connectivity index (χ3n) is 3.17. The Morgan fingerprint density at radius 3 is 2.48 bits per heavy atom. The zero-order chi connectivity index (χ0) is 16.2. The molecule has 23 heavy (non-hydrogen) atoms. The number of aromatic hydroxyl groups is 1. The van der Waals surface area contributed by atoms with Crippen molar-refractivity contribution in [2.75, 3.05) is 5.73 Å². The predicted molar refractivity (Wildman–Crippen MR) is 92.2 cm³/mol. The third-order valence-corrected chi connectivity index (χ3v) is 3.87. The van der Waals surface area contributed by atoms with Crippen LogP contribution < -0.4 is 10.5 Å². The maximum absolute atomic E-state index is 13.7. The van der Waals surface area contributed by atoms with Gasteiger partial charge in [0.2, 0.25) is 0 Å². The molecule has 0 aliphatic rings. The smallest absolute Gasteiger partial charge is 0.169 e. The molecule has 0 bridgehead atoms. The van der Waals surface area contributed by atoms with E-state index in [0.29, 0.717) is 5.69 Å². The number of benzene rings is 2. The van der Waals surface area contributed by atoms with E-state index in [1.165, 1.54) is 18.2 Å². The van der Waals surface area contributed by atoms with E-state index in [4.69, 9.17) is 10.5 Å². The fourth-order valence-corrected chi connectivity index (χ4v) is 2.63. The Bertz CT molecular complexity index is 844. The number of rotatable bonds is 4. The fraction of sp³-hybridized carbons (Fsp3) is 0. The number of anilines is 1. The van der Waals surface area contributed by atoms with Crippen molar-refractivity contribution in [1.29, 1.82) is 0 Å². The van der Waals surface area contributed by atoms with Crippen molar-refractivity contribution in [3.05, 3.63) is 70.2 Å². The average molecular weight is 327 g/mol. The number of hydrogen-bond donors (Lipinski definition) is 2. The van der Waals surface area contributed by atoms with Crippen molar-refractivity contribution in [3.63, 3.8) is 0 Å². The Kier molecular flexibility index (Phi) is 4.30. The maximum atomic E-state index is 13.7. The van der Waals surface area contributed by atoms with Crippen LogP contribution in [0.25, 0.3) is 12.2 Å². The van der Waals surface area contributed by atoms with Crippen molar-refractivity contribution >= 4 is 29.2 Å². The summed E-state index contributed by atoms with van der Waals surface area (Å²) in [5.74, 6) is -0.447. The molecule has 0 saturated carbocycles. The average Bonchev–Trinajstić information content (AvgIpc) is 3.03. The van der Waals surface area contributed by atoms with Gasteiger partial charge in [0.25, 0.3) is 0 Å². The van der Waals surface area contributed by atoms with E-state index in [9.17, 15) is 9.50 Å². The van der Waals surface area contributed by atoms with Gasteiger partial charge in [-0.15, -0.1) is 0 Å². The minimum Gasteiger partial charge on any atom is -0.504 e. The van der Waals surface area contributed by atoms with Crippen molar-refractivity contribution in [3.8, 4) is 17.2 Å². The molecule has 3 N–H and O–H groups in total. The van der Waals surface area contributed by atoms with Gasteiger partial charge in [0.15, 0.2) is 23.1 Å². The van der Waals surface area contributed by atoms with Crippen molar-refractivity contribution in [2.45, 2.75) is 0 Å². The van der Waals surface area contributed by atoms with E-state index >= 15 is 0 Å². The van der Waals surface area contributed by atoms with Gasteiger partial charge >= 0.3 is 0 Å². The summed E-state index contributed by atoms with van der Waals surface area (Å²) in [6.45, 7) is 0. The van der Waals surface area contributed by atoms with Gasteiger partial charge in [0, 0.05) is 11.8 Å². The van der Waals surface area contributed by atoms with Gasteiger partial charge in [-0.1, -0.05) is 18.2 Å². The molecule has 0 unspecified atom stereocenters. The number of nitrogen functional groups attached to an aromatic ring is 1. The number of ether oxygens (including phenoxy) is 1. The van der Waals surface area contributed by atoms with E-state index in [-0.39, 0.29) is 17.2 Å². The molecule has 0 spiro atoms. The zero-order valence-electron chi connectivity index (χ0n) is 12.1. The minimum atomic E-state index is -0.578. The summed E-state index contributed by atoms with van der Waals surface area (Å²) in [6.07, 6.45) is 3.83. The van der Waals surface area contributed by atoms with Crippen LogP contribution in [0.1, 0.15) is 11.1 Å². The lowest BCUT2D eigenvalue weighted by Gasteiger charge is -2.09. The molecule has 3 aromatic rings. The van der Waals surface area contributed by atoms with Gasteiger partial charge in [-0.2, -0.15) is 11.3 Å². The fourth-order valence-electron chi connectivity index (χ4n) is 2.00. The molecule has 0 aliphatic heterocycles. The number of nitrogens with two attached hydrogens (primary N) is 1. The molecule has 1 aromatic heterocycles. The summed E-state index contributed by atoms with van der Waals surface area (Å²) in [5.41, 5.74) is 7.72. The largest absolute Gasteiger partial charge is 0.504 e. The van der Waals surface area contributed by atoms with Crippen LogP contribution in [0.4, 0.5) is 10.1 Å². The number of phenolic OH excluding ortho intramolecular Hbond substituents is 1. The lowest BCUT2D eigenvalue weighted by atomic mass is 10.1. The third kappa shape index (κ3) is 3.70. The summed E-state index contributed by atoms with van der Waals surface area (Å²) >= 11 is 1.62. The Hall–Kier alpha value is -2.79. The summed E-state index contributed by atoms with van der Waals surface area (Å²) in [4.78, 5) is 0. The maximum Gasteiger partial charge on any atom is 0.169 e. The highest BCUT2D eigenvalue weighted by atomic mass is 32.1. The topological polar surface area (TPSA) is 55.5 Å². The van der Waals surface area contributed by atoms with Gasteiger partial charge in [0.05, 0.1) is 0 Å². The Balaban J connectivity index is 1.79. The van der Waals surface area contributed by atoms with Crippen molar-refractivity contribution < 1.29 is 14.2 Å². The van der Waals surface area contributed by atoms with E-state index < -0.39 is 5.82 Å².